The molecule has 0 spiro atoms. The van der Waals surface area contributed by atoms with Gasteiger partial charge in [-0.15, -0.1) is 11.3 Å². The van der Waals surface area contributed by atoms with Crippen LogP contribution in [0.4, 0.5) is 11.8 Å². The average Bonchev–Trinajstić information content (AvgIpc) is 2.94. The first-order chi connectivity index (χ1) is 9.69. The lowest BCUT2D eigenvalue weighted by Crippen LogP contribution is -2.48. The Morgan fingerprint density at radius 1 is 1.30 bits per heavy atom. The topological polar surface area (TPSA) is 61.4 Å². The van der Waals surface area contributed by atoms with E-state index in [0.717, 1.165) is 42.2 Å². The second-order valence-electron chi connectivity index (χ2n) is 4.75. The van der Waals surface area contributed by atoms with Crippen LogP contribution in [0.3, 0.4) is 0 Å². The maximum Gasteiger partial charge on any atom is 0.225 e. The van der Waals surface area contributed by atoms with Gasteiger partial charge < -0.3 is 15.1 Å². The Morgan fingerprint density at radius 2 is 2.05 bits per heavy atom. The van der Waals surface area contributed by atoms with Gasteiger partial charge >= 0.3 is 0 Å². The van der Waals surface area contributed by atoms with Crippen molar-refractivity contribution in [3.05, 3.63) is 11.4 Å². The fourth-order valence-electron chi connectivity index (χ4n) is 2.43. The summed E-state index contributed by atoms with van der Waals surface area (Å²) >= 11 is 1.62. The quantitative estimate of drug-likeness (QED) is 0.906. The van der Waals surface area contributed by atoms with Crippen molar-refractivity contribution in [3.8, 4) is 0 Å². The van der Waals surface area contributed by atoms with E-state index in [9.17, 15) is 4.79 Å². The number of aromatic nitrogens is 2. The summed E-state index contributed by atoms with van der Waals surface area (Å²) in [6.07, 6.45) is 0. The highest BCUT2D eigenvalue weighted by Crippen LogP contribution is 2.29. The van der Waals surface area contributed by atoms with Gasteiger partial charge in [-0.05, 0) is 11.4 Å². The first-order valence-corrected chi connectivity index (χ1v) is 7.50. The zero-order valence-corrected chi connectivity index (χ0v) is 12.4. The molecule has 2 aromatic heterocycles. The number of piperazine rings is 1. The van der Waals surface area contributed by atoms with Crippen LogP contribution in [0.1, 0.15) is 6.92 Å². The molecule has 1 N–H and O–H groups in total. The number of amides is 1. The van der Waals surface area contributed by atoms with Gasteiger partial charge in [0.1, 0.15) is 10.6 Å². The maximum absolute atomic E-state index is 11.4. The Kier molecular flexibility index (Phi) is 3.43. The number of rotatable bonds is 2. The summed E-state index contributed by atoms with van der Waals surface area (Å²) in [6.45, 7) is 4.74. The van der Waals surface area contributed by atoms with Crippen molar-refractivity contribution in [3.63, 3.8) is 0 Å². The molecular formula is C13H17N5OS. The summed E-state index contributed by atoms with van der Waals surface area (Å²) in [5, 5.41) is 6.13. The van der Waals surface area contributed by atoms with Crippen LogP contribution >= 0.6 is 11.3 Å². The molecule has 0 bridgehead atoms. The van der Waals surface area contributed by atoms with Crippen LogP contribution in [0.2, 0.25) is 0 Å². The Morgan fingerprint density at radius 3 is 2.70 bits per heavy atom. The normalized spacial score (nSPS) is 15.7. The summed E-state index contributed by atoms with van der Waals surface area (Å²) < 4.78 is 0. The molecule has 20 heavy (non-hydrogen) atoms. The molecule has 0 unspecified atom stereocenters. The molecule has 3 heterocycles. The fourth-order valence-corrected chi connectivity index (χ4v) is 3.18. The zero-order chi connectivity index (χ0) is 14.1. The minimum absolute atomic E-state index is 0.143. The summed E-state index contributed by atoms with van der Waals surface area (Å²) in [6, 6.07) is 2.06. The molecule has 1 saturated heterocycles. The highest BCUT2D eigenvalue weighted by Gasteiger charge is 2.22. The van der Waals surface area contributed by atoms with Crippen molar-refractivity contribution in [1.82, 2.24) is 14.9 Å². The average molecular weight is 291 g/mol. The maximum atomic E-state index is 11.4. The molecule has 0 aliphatic carbocycles. The van der Waals surface area contributed by atoms with Gasteiger partial charge in [-0.3, -0.25) is 4.79 Å². The van der Waals surface area contributed by atoms with E-state index in [1.165, 1.54) is 0 Å². The number of hydrogen-bond donors (Lipinski definition) is 1. The molecule has 1 fully saturated rings. The number of nitrogens with zero attached hydrogens (tertiary/aromatic N) is 4. The van der Waals surface area contributed by atoms with Crippen LogP contribution in [0.15, 0.2) is 11.4 Å². The number of fused-ring (bicyclic) bond motifs is 1. The van der Waals surface area contributed by atoms with Gasteiger partial charge in [0.05, 0.1) is 5.39 Å². The Balaban J connectivity index is 1.90. The predicted octanol–water partition coefficient (Wildman–Crippen LogP) is 1.40. The van der Waals surface area contributed by atoms with Crippen molar-refractivity contribution >= 4 is 39.2 Å². The summed E-state index contributed by atoms with van der Waals surface area (Å²) in [5.41, 5.74) is 0. The van der Waals surface area contributed by atoms with Gasteiger partial charge in [-0.1, -0.05) is 0 Å². The highest BCUT2D eigenvalue weighted by atomic mass is 32.1. The molecule has 0 atom stereocenters. The van der Waals surface area contributed by atoms with E-state index < -0.39 is 0 Å². The van der Waals surface area contributed by atoms with Crippen LogP contribution in [0.5, 0.6) is 0 Å². The minimum atomic E-state index is 0.143. The Labute approximate surface area is 121 Å². The second kappa shape index (κ2) is 5.24. The van der Waals surface area contributed by atoms with Crippen molar-refractivity contribution in [1.29, 1.82) is 0 Å². The summed E-state index contributed by atoms with van der Waals surface area (Å²) in [5.74, 6) is 1.75. The fraction of sp³-hybridized carbons (Fsp3) is 0.462. The van der Waals surface area contributed by atoms with Crippen molar-refractivity contribution in [2.24, 2.45) is 0 Å². The molecule has 3 rings (SSSR count). The zero-order valence-electron chi connectivity index (χ0n) is 11.6. The van der Waals surface area contributed by atoms with Crippen LogP contribution in [0.25, 0.3) is 10.2 Å². The van der Waals surface area contributed by atoms with Crippen molar-refractivity contribution in [2.45, 2.75) is 6.92 Å². The third-order valence-corrected chi connectivity index (χ3v) is 4.36. The van der Waals surface area contributed by atoms with Crippen LogP contribution in [-0.4, -0.2) is 54.0 Å². The molecule has 106 valence electrons. The molecule has 1 aliphatic heterocycles. The van der Waals surface area contributed by atoms with E-state index >= 15 is 0 Å². The molecule has 1 aliphatic rings. The lowest BCUT2D eigenvalue weighted by molar-refractivity contribution is -0.129. The van der Waals surface area contributed by atoms with Gasteiger partial charge in [0, 0.05) is 40.2 Å². The van der Waals surface area contributed by atoms with E-state index in [1.807, 2.05) is 17.3 Å². The summed E-state index contributed by atoms with van der Waals surface area (Å²) in [7, 11) is 1.83. The van der Waals surface area contributed by atoms with E-state index in [2.05, 4.69) is 26.3 Å². The van der Waals surface area contributed by atoms with Gasteiger partial charge in [0.15, 0.2) is 0 Å². The summed E-state index contributed by atoms with van der Waals surface area (Å²) in [4.78, 5) is 25.5. The molecule has 7 heteroatoms. The number of nitrogens with one attached hydrogen (secondary N) is 1. The largest absolute Gasteiger partial charge is 0.357 e. The van der Waals surface area contributed by atoms with Crippen LogP contribution in [0, 0.1) is 0 Å². The molecular weight excluding hydrogens is 274 g/mol. The molecule has 1 amide bonds. The molecule has 2 aromatic rings. The number of hydrogen-bond acceptors (Lipinski definition) is 6. The molecule has 0 radical (unpaired) electrons. The third-order valence-electron chi connectivity index (χ3n) is 3.55. The monoisotopic (exact) mass is 291 g/mol. The van der Waals surface area contributed by atoms with E-state index in [-0.39, 0.29) is 5.91 Å². The molecule has 6 nitrogen and oxygen atoms in total. The predicted molar refractivity (Wildman–Crippen MR) is 81.4 cm³/mol. The Hall–Kier alpha value is -1.89. The van der Waals surface area contributed by atoms with E-state index in [1.54, 1.807) is 18.3 Å². The lowest BCUT2D eigenvalue weighted by Gasteiger charge is -2.35. The first-order valence-electron chi connectivity index (χ1n) is 6.62. The van der Waals surface area contributed by atoms with Crippen LogP contribution in [-0.2, 0) is 4.79 Å². The van der Waals surface area contributed by atoms with Gasteiger partial charge in [-0.25, -0.2) is 4.98 Å². The Bertz CT molecular complexity index is 633. The number of thiophene rings is 1. The third kappa shape index (κ3) is 2.29. The molecule has 0 aromatic carbocycles. The number of carbonyl (C=O) groups is 1. The van der Waals surface area contributed by atoms with Gasteiger partial charge in [-0.2, -0.15) is 4.98 Å². The minimum Gasteiger partial charge on any atom is -0.357 e. The van der Waals surface area contributed by atoms with E-state index in [4.69, 9.17) is 0 Å². The highest BCUT2D eigenvalue weighted by molar-refractivity contribution is 7.16. The standard InChI is InChI=1S/C13H17N5OS/c1-9(19)17-4-6-18(7-5-17)11-10-3-8-20-12(10)16-13(14-2)15-11/h3,8H,4-7H2,1-2H3,(H,14,15,16). The number of carbonyl (C=O) groups excluding carboxylic acids is 1. The first kappa shape index (κ1) is 13.1. The van der Waals surface area contributed by atoms with Crippen molar-refractivity contribution < 1.29 is 4.79 Å². The molecule has 0 saturated carbocycles. The van der Waals surface area contributed by atoms with Gasteiger partial charge in [0.2, 0.25) is 11.9 Å². The van der Waals surface area contributed by atoms with E-state index in [0.29, 0.717) is 5.95 Å². The second-order valence-corrected chi connectivity index (χ2v) is 5.65. The van der Waals surface area contributed by atoms with Gasteiger partial charge in [0.25, 0.3) is 0 Å². The number of anilines is 2. The van der Waals surface area contributed by atoms with Crippen LogP contribution < -0.4 is 10.2 Å². The van der Waals surface area contributed by atoms with Crippen molar-refractivity contribution in [2.75, 3.05) is 43.4 Å². The smallest absolute Gasteiger partial charge is 0.225 e. The lowest BCUT2D eigenvalue weighted by atomic mass is 10.2. The SMILES string of the molecule is CNc1nc(N2CCN(C(C)=O)CC2)c2ccsc2n1.